The molecule has 0 rings (SSSR count). The van der Waals surface area contributed by atoms with Crippen LogP contribution in [-0.2, 0) is 4.74 Å². The van der Waals surface area contributed by atoms with E-state index in [9.17, 15) is 0 Å². The zero-order chi connectivity index (χ0) is 8.12. The number of aliphatic hydroxyl groups excluding tert-OH is 1. The van der Waals surface area contributed by atoms with Crippen molar-refractivity contribution in [1.29, 1.82) is 0 Å². The second-order valence-corrected chi connectivity index (χ2v) is 0.781. The Hall–Kier alpha value is 0.880. The molecule has 0 saturated heterocycles. The van der Waals surface area contributed by atoms with Gasteiger partial charge in [-0.15, -0.1) is 0 Å². The quantitative estimate of drug-likeness (QED) is 0.429. The molecule has 0 bridgehead atoms. The summed E-state index contributed by atoms with van der Waals surface area (Å²) in [6, 6.07) is 0. The van der Waals surface area contributed by atoms with Gasteiger partial charge in [-0.25, -0.2) is 0 Å². The summed E-state index contributed by atoms with van der Waals surface area (Å²) in [7, 11) is 1.75. The third-order valence-corrected chi connectivity index (χ3v) is 0.408. The van der Waals surface area contributed by atoms with Gasteiger partial charge in [0.25, 0.3) is 0 Å². The van der Waals surface area contributed by atoms with Crippen LogP contribution in [-0.4, -0.2) is 32.5 Å². The first-order valence-electron chi connectivity index (χ1n) is 2.85. The van der Waals surface area contributed by atoms with Crippen molar-refractivity contribution in [3.8, 4) is 0 Å². The van der Waals surface area contributed by atoms with Gasteiger partial charge in [-0.1, -0.05) is 0 Å². The molecule has 0 heterocycles. The Labute approximate surface area is 85.7 Å². The van der Waals surface area contributed by atoms with Crippen LogP contribution in [0.4, 0.5) is 0 Å². The van der Waals surface area contributed by atoms with Crippen molar-refractivity contribution in [2.24, 2.45) is 0 Å². The first-order valence-corrected chi connectivity index (χ1v) is 2.85. The van der Waals surface area contributed by atoms with Crippen molar-refractivity contribution in [3.63, 3.8) is 0 Å². The van der Waals surface area contributed by atoms with Crippen LogP contribution >= 0.6 is 0 Å². The molecule has 1 N–H and O–H groups in total. The molecule has 0 radical (unpaired) electrons. The third kappa shape index (κ3) is 66.5. The van der Waals surface area contributed by atoms with Crippen LogP contribution in [0.25, 0.3) is 0 Å². The zero-order valence-corrected chi connectivity index (χ0v) is 9.68. The standard InChI is InChI=1S/C4H10O.CH4O.CH3O.Na/c1-3-5-4-2;2*1-2;/h3-4H2,1-2H3;2H,1H3;1H3;/q;;-1;+1. The molecule has 60 valence electrons. The fraction of sp³-hybridized carbons (Fsp3) is 1.00. The molecule has 10 heavy (non-hydrogen) atoms. The van der Waals surface area contributed by atoms with Crippen LogP contribution in [0.1, 0.15) is 13.8 Å². The molecule has 0 spiro atoms. The molecule has 4 heteroatoms. The average Bonchev–Trinajstić information content (AvgIpc) is 1.98. The topological polar surface area (TPSA) is 52.5 Å². The number of hydrogen-bond acceptors (Lipinski definition) is 3. The molecule has 0 aromatic rings. The minimum absolute atomic E-state index is 0. The first kappa shape index (κ1) is 22.4. The summed E-state index contributed by atoms with van der Waals surface area (Å²) in [5, 5.41) is 15.2. The van der Waals surface area contributed by atoms with E-state index in [4.69, 9.17) is 14.9 Å². The van der Waals surface area contributed by atoms with Gasteiger partial charge >= 0.3 is 29.6 Å². The summed E-state index contributed by atoms with van der Waals surface area (Å²) in [6.07, 6.45) is 0. The smallest absolute Gasteiger partial charge is 0.857 e. The van der Waals surface area contributed by atoms with Gasteiger partial charge in [0, 0.05) is 20.3 Å². The van der Waals surface area contributed by atoms with Gasteiger partial charge in [0.15, 0.2) is 0 Å². The van der Waals surface area contributed by atoms with Crippen LogP contribution in [0.3, 0.4) is 0 Å². The molecule has 0 aliphatic heterocycles. The van der Waals surface area contributed by atoms with Gasteiger partial charge in [-0.05, 0) is 13.8 Å². The Balaban J connectivity index is -0.0000000315. The minimum atomic E-state index is 0. The van der Waals surface area contributed by atoms with Crippen molar-refractivity contribution in [2.75, 3.05) is 27.4 Å². The Morgan fingerprint density at radius 2 is 1.30 bits per heavy atom. The summed E-state index contributed by atoms with van der Waals surface area (Å²) < 4.78 is 4.83. The molecule has 0 aliphatic carbocycles. The van der Waals surface area contributed by atoms with E-state index in [1.54, 1.807) is 0 Å². The summed E-state index contributed by atoms with van der Waals surface area (Å²) in [4.78, 5) is 0. The summed E-state index contributed by atoms with van der Waals surface area (Å²) in [6.45, 7) is 5.67. The van der Waals surface area contributed by atoms with E-state index in [0.717, 1.165) is 27.4 Å². The van der Waals surface area contributed by atoms with Crippen LogP contribution in [0, 0.1) is 0 Å². The van der Waals surface area contributed by atoms with Crippen LogP contribution < -0.4 is 34.7 Å². The van der Waals surface area contributed by atoms with Gasteiger partial charge in [-0.2, -0.15) is 7.11 Å². The maximum absolute atomic E-state index is 8.25. The molecule has 0 aliphatic rings. The van der Waals surface area contributed by atoms with Gasteiger partial charge in [0.05, 0.1) is 0 Å². The van der Waals surface area contributed by atoms with E-state index in [1.165, 1.54) is 0 Å². The fourth-order valence-electron chi connectivity index (χ4n) is 0.204. The normalized spacial score (nSPS) is 5.40. The first-order chi connectivity index (χ1) is 4.41. The monoisotopic (exact) mass is 160 g/mol. The Bertz CT molecular complexity index is 20.5. The van der Waals surface area contributed by atoms with Crippen LogP contribution in [0.2, 0.25) is 0 Å². The third-order valence-electron chi connectivity index (χ3n) is 0.408. The second kappa shape index (κ2) is 51.8. The minimum Gasteiger partial charge on any atom is -0.857 e. The molecule has 0 unspecified atom stereocenters. The Kier molecular flexibility index (Phi) is 116. The van der Waals surface area contributed by atoms with Gasteiger partial charge < -0.3 is 14.9 Å². The van der Waals surface area contributed by atoms with E-state index in [-0.39, 0.29) is 29.6 Å². The molecule has 0 aromatic carbocycles. The molecule has 0 atom stereocenters. The zero-order valence-electron chi connectivity index (χ0n) is 7.68. The van der Waals surface area contributed by atoms with Crippen molar-refractivity contribution < 1.29 is 44.5 Å². The fourth-order valence-corrected chi connectivity index (χ4v) is 0.204. The SMILES string of the molecule is CCOCC.CO.C[O-].[Na+]. The van der Waals surface area contributed by atoms with E-state index in [2.05, 4.69) is 0 Å². The van der Waals surface area contributed by atoms with E-state index >= 15 is 0 Å². The molecular weight excluding hydrogens is 143 g/mol. The van der Waals surface area contributed by atoms with Crippen molar-refractivity contribution >= 4 is 0 Å². The molecule has 0 aromatic heterocycles. The van der Waals surface area contributed by atoms with E-state index in [1.807, 2.05) is 13.8 Å². The van der Waals surface area contributed by atoms with Gasteiger partial charge in [0.1, 0.15) is 0 Å². The predicted octanol–water partition coefficient (Wildman–Crippen LogP) is -3.37. The van der Waals surface area contributed by atoms with Crippen molar-refractivity contribution in [2.45, 2.75) is 13.8 Å². The van der Waals surface area contributed by atoms with Gasteiger partial charge in [-0.3, -0.25) is 0 Å². The van der Waals surface area contributed by atoms with Crippen LogP contribution in [0.5, 0.6) is 0 Å². The molecular formula is C6H17NaO3. The Morgan fingerprint density at radius 1 is 1.10 bits per heavy atom. The molecule has 3 nitrogen and oxygen atoms in total. The number of ether oxygens (including phenoxy) is 1. The summed E-state index contributed by atoms with van der Waals surface area (Å²) in [5.74, 6) is 0. The second-order valence-electron chi connectivity index (χ2n) is 0.781. The molecule has 0 saturated carbocycles. The molecule has 0 amide bonds. The van der Waals surface area contributed by atoms with Gasteiger partial charge in [0.2, 0.25) is 0 Å². The number of aliphatic hydroxyl groups is 1. The maximum Gasteiger partial charge on any atom is 1.00 e. The molecule has 0 fully saturated rings. The Morgan fingerprint density at radius 3 is 1.30 bits per heavy atom. The summed E-state index contributed by atoms with van der Waals surface area (Å²) >= 11 is 0. The number of rotatable bonds is 2. The summed E-state index contributed by atoms with van der Waals surface area (Å²) in [5.41, 5.74) is 0. The maximum atomic E-state index is 8.25. The largest absolute Gasteiger partial charge is 1.00 e. The van der Waals surface area contributed by atoms with Crippen LogP contribution in [0.15, 0.2) is 0 Å². The van der Waals surface area contributed by atoms with E-state index < -0.39 is 0 Å². The average molecular weight is 160 g/mol. The predicted molar refractivity (Wildman–Crippen MR) is 36.2 cm³/mol. The van der Waals surface area contributed by atoms with E-state index in [0.29, 0.717) is 0 Å². The number of hydrogen-bond donors (Lipinski definition) is 1. The van der Waals surface area contributed by atoms with Crippen molar-refractivity contribution in [1.82, 2.24) is 0 Å². The van der Waals surface area contributed by atoms with Crippen molar-refractivity contribution in [3.05, 3.63) is 0 Å².